The van der Waals surface area contributed by atoms with E-state index in [4.69, 9.17) is 10.5 Å². The van der Waals surface area contributed by atoms with Crippen LogP contribution in [0, 0.1) is 5.92 Å². The molecule has 1 aliphatic rings. The number of ether oxygens (including phenoxy) is 1. The molecule has 0 spiro atoms. The minimum absolute atomic E-state index is 0.0519. The lowest BCUT2D eigenvalue weighted by molar-refractivity contribution is -0.128. The van der Waals surface area contributed by atoms with E-state index in [0.717, 1.165) is 12.0 Å². The number of anilines is 1. The lowest BCUT2D eigenvalue weighted by Gasteiger charge is -2.26. The molecule has 1 aliphatic heterocycles. The second-order valence-corrected chi connectivity index (χ2v) is 6.61. The first-order chi connectivity index (χ1) is 8.70. The van der Waals surface area contributed by atoms with Crippen molar-refractivity contribution in [3.63, 3.8) is 0 Å². The van der Waals surface area contributed by atoms with Crippen molar-refractivity contribution in [2.24, 2.45) is 5.92 Å². The second kappa shape index (κ2) is 4.64. The zero-order chi connectivity index (χ0) is 14.3. The van der Waals surface area contributed by atoms with E-state index in [1.165, 1.54) is 0 Å². The summed E-state index contributed by atoms with van der Waals surface area (Å²) in [4.78, 5) is 12.5. The summed E-state index contributed by atoms with van der Waals surface area (Å²) in [5, 5.41) is 0. The van der Waals surface area contributed by atoms with E-state index in [1.54, 1.807) is 0 Å². The molecular weight excluding hydrogens is 238 g/mol. The molecule has 0 radical (unpaired) electrons. The predicted octanol–water partition coefficient (Wildman–Crippen LogP) is 2.97. The average molecular weight is 261 g/mol. The highest BCUT2D eigenvalue weighted by molar-refractivity contribution is 5.85. The summed E-state index contributed by atoms with van der Waals surface area (Å²) in [6.45, 7) is 8.10. The first kappa shape index (κ1) is 14.1. The smallest absolute Gasteiger partial charge is 0.143 e. The van der Waals surface area contributed by atoms with Gasteiger partial charge in [-0.25, -0.2) is 0 Å². The number of Topliss-reactive ketones (excluding diaryl/α,β-unsaturated/α-hetero) is 1. The maximum Gasteiger partial charge on any atom is 0.143 e. The first-order valence-corrected chi connectivity index (χ1v) is 6.77. The van der Waals surface area contributed by atoms with Crippen molar-refractivity contribution in [1.29, 1.82) is 0 Å². The molecule has 0 aliphatic carbocycles. The minimum Gasteiger partial charge on any atom is -0.399 e. The van der Waals surface area contributed by atoms with Gasteiger partial charge < -0.3 is 10.5 Å². The average Bonchev–Trinajstić information content (AvgIpc) is 2.46. The maximum absolute atomic E-state index is 12.5. The van der Waals surface area contributed by atoms with Gasteiger partial charge in [0.05, 0.1) is 11.2 Å². The molecule has 1 atom stereocenters. The highest BCUT2D eigenvalue weighted by Crippen LogP contribution is 2.42. The van der Waals surface area contributed by atoms with E-state index < -0.39 is 0 Å². The molecule has 104 valence electrons. The molecule has 2 N–H and O–H groups in total. The van der Waals surface area contributed by atoms with E-state index in [1.807, 2.05) is 52.0 Å². The molecule has 0 amide bonds. The zero-order valence-corrected chi connectivity index (χ0v) is 12.2. The molecule has 1 fully saturated rings. The van der Waals surface area contributed by atoms with Crippen LogP contribution in [0.5, 0.6) is 0 Å². The number of benzene rings is 1. The first-order valence-electron chi connectivity index (χ1n) is 6.77. The number of hydrogen-bond donors (Lipinski definition) is 1. The molecule has 0 bridgehead atoms. The molecule has 1 aromatic rings. The van der Waals surface area contributed by atoms with Crippen LogP contribution in [-0.2, 0) is 16.0 Å². The molecule has 3 nitrogen and oxygen atoms in total. The van der Waals surface area contributed by atoms with Crippen LogP contribution in [0.25, 0.3) is 0 Å². The van der Waals surface area contributed by atoms with Gasteiger partial charge >= 0.3 is 0 Å². The van der Waals surface area contributed by atoms with Crippen LogP contribution in [0.4, 0.5) is 5.69 Å². The normalized spacial score (nSPS) is 24.3. The molecule has 3 heteroatoms. The van der Waals surface area contributed by atoms with Gasteiger partial charge in [0.25, 0.3) is 0 Å². The van der Waals surface area contributed by atoms with Crippen molar-refractivity contribution in [3.8, 4) is 0 Å². The Morgan fingerprint density at radius 2 is 2.05 bits per heavy atom. The zero-order valence-electron chi connectivity index (χ0n) is 12.2. The molecule has 1 aromatic carbocycles. The second-order valence-electron chi connectivity index (χ2n) is 6.61. The van der Waals surface area contributed by atoms with Gasteiger partial charge in [-0.1, -0.05) is 12.1 Å². The van der Waals surface area contributed by atoms with E-state index >= 15 is 0 Å². The van der Waals surface area contributed by atoms with Crippen LogP contribution < -0.4 is 5.73 Å². The van der Waals surface area contributed by atoms with Gasteiger partial charge in [0, 0.05) is 18.0 Å². The lowest BCUT2D eigenvalue weighted by atomic mass is 9.82. The van der Waals surface area contributed by atoms with Gasteiger partial charge in [0.2, 0.25) is 0 Å². The third-order valence-corrected chi connectivity index (χ3v) is 3.79. The lowest BCUT2D eigenvalue weighted by Crippen LogP contribution is -2.34. The fourth-order valence-electron chi connectivity index (χ4n) is 3.09. The Bertz CT molecular complexity index is 491. The molecule has 2 rings (SSSR count). The maximum atomic E-state index is 12.5. The Morgan fingerprint density at radius 3 is 2.58 bits per heavy atom. The van der Waals surface area contributed by atoms with Gasteiger partial charge in [-0.2, -0.15) is 0 Å². The van der Waals surface area contributed by atoms with E-state index in [0.29, 0.717) is 12.1 Å². The number of ketones is 1. The van der Waals surface area contributed by atoms with E-state index in [9.17, 15) is 4.79 Å². The number of rotatable bonds is 3. The monoisotopic (exact) mass is 261 g/mol. The Morgan fingerprint density at radius 1 is 1.37 bits per heavy atom. The fourth-order valence-corrected chi connectivity index (χ4v) is 3.09. The third kappa shape index (κ3) is 3.16. The number of carbonyl (C=O) groups is 1. The van der Waals surface area contributed by atoms with E-state index in [-0.39, 0.29) is 22.9 Å². The molecule has 19 heavy (non-hydrogen) atoms. The van der Waals surface area contributed by atoms with Crippen molar-refractivity contribution < 1.29 is 9.53 Å². The van der Waals surface area contributed by atoms with Crippen LogP contribution in [-0.4, -0.2) is 17.0 Å². The van der Waals surface area contributed by atoms with Crippen LogP contribution in [0.15, 0.2) is 24.3 Å². The SMILES string of the molecule is CC1(C)CC(C(=O)Cc2cccc(N)c2)C(C)(C)O1. The summed E-state index contributed by atoms with van der Waals surface area (Å²) in [6.07, 6.45) is 1.21. The van der Waals surface area contributed by atoms with Crippen LogP contribution >= 0.6 is 0 Å². The summed E-state index contributed by atoms with van der Waals surface area (Å²) in [5.74, 6) is 0.185. The number of nitrogens with two attached hydrogens (primary N) is 1. The Hall–Kier alpha value is -1.35. The Balaban J connectivity index is 2.12. The molecule has 0 saturated carbocycles. The summed E-state index contributed by atoms with van der Waals surface area (Å²) < 4.78 is 5.99. The van der Waals surface area contributed by atoms with Crippen molar-refractivity contribution in [2.75, 3.05) is 5.73 Å². The highest BCUT2D eigenvalue weighted by Gasteiger charge is 2.48. The van der Waals surface area contributed by atoms with Crippen LogP contribution in [0.2, 0.25) is 0 Å². The quantitative estimate of drug-likeness (QED) is 0.851. The van der Waals surface area contributed by atoms with Gasteiger partial charge in [0.15, 0.2) is 0 Å². The van der Waals surface area contributed by atoms with Crippen LogP contribution in [0.3, 0.4) is 0 Å². The number of hydrogen-bond acceptors (Lipinski definition) is 3. The summed E-state index contributed by atoms with van der Waals surface area (Å²) in [6, 6.07) is 7.53. The van der Waals surface area contributed by atoms with Gasteiger partial charge in [0.1, 0.15) is 5.78 Å². The van der Waals surface area contributed by atoms with Crippen molar-refractivity contribution in [3.05, 3.63) is 29.8 Å². The number of nitrogen functional groups attached to an aromatic ring is 1. The van der Waals surface area contributed by atoms with Crippen molar-refractivity contribution in [2.45, 2.75) is 51.7 Å². The van der Waals surface area contributed by atoms with Gasteiger partial charge in [-0.3, -0.25) is 4.79 Å². The highest BCUT2D eigenvalue weighted by atomic mass is 16.5. The molecular formula is C16H23NO2. The van der Waals surface area contributed by atoms with Gasteiger partial charge in [-0.15, -0.1) is 0 Å². The minimum atomic E-state index is -0.388. The van der Waals surface area contributed by atoms with Crippen molar-refractivity contribution >= 4 is 11.5 Å². The summed E-state index contributed by atoms with van der Waals surface area (Å²) in [7, 11) is 0. The fraction of sp³-hybridized carbons (Fsp3) is 0.562. The summed E-state index contributed by atoms with van der Waals surface area (Å²) in [5.41, 5.74) is 6.82. The number of carbonyl (C=O) groups excluding carboxylic acids is 1. The summed E-state index contributed by atoms with van der Waals surface area (Å²) >= 11 is 0. The molecule has 1 unspecified atom stereocenters. The Kier molecular flexibility index (Phi) is 3.43. The molecule has 0 aromatic heterocycles. The standard InChI is InChI=1S/C16H23NO2/c1-15(2)10-13(16(3,4)19-15)14(18)9-11-6-5-7-12(17)8-11/h5-8,13H,9-10,17H2,1-4H3. The van der Waals surface area contributed by atoms with Crippen LogP contribution in [0.1, 0.15) is 39.7 Å². The predicted molar refractivity (Wildman–Crippen MR) is 76.9 cm³/mol. The third-order valence-electron chi connectivity index (χ3n) is 3.79. The van der Waals surface area contributed by atoms with E-state index in [2.05, 4.69) is 0 Å². The Labute approximate surface area is 115 Å². The topological polar surface area (TPSA) is 52.3 Å². The largest absolute Gasteiger partial charge is 0.399 e. The molecule has 1 heterocycles. The van der Waals surface area contributed by atoms with Crippen molar-refractivity contribution in [1.82, 2.24) is 0 Å². The van der Waals surface area contributed by atoms with Gasteiger partial charge in [-0.05, 0) is 51.8 Å². The molecule has 1 saturated heterocycles.